The molecule has 150 valence electrons. The first-order valence-electron chi connectivity index (χ1n) is 9.19. The molecule has 0 atom stereocenters. The Kier molecular flexibility index (Phi) is 6.01. The van der Waals surface area contributed by atoms with Gasteiger partial charge in [-0.1, -0.05) is 48.5 Å². The van der Waals surface area contributed by atoms with Crippen LogP contribution in [0.2, 0.25) is 0 Å². The Balaban J connectivity index is 1.47. The largest absolute Gasteiger partial charge is 0.488 e. The zero-order chi connectivity index (χ0) is 21.1. The van der Waals surface area contributed by atoms with E-state index in [1.54, 1.807) is 6.08 Å². The van der Waals surface area contributed by atoms with Crippen LogP contribution in [0.1, 0.15) is 18.1 Å². The zero-order valence-electron chi connectivity index (χ0n) is 16.0. The highest BCUT2D eigenvalue weighted by Crippen LogP contribution is 2.31. The lowest BCUT2D eigenvalue weighted by Crippen LogP contribution is -2.23. The Morgan fingerprint density at radius 1 is 1.17 bits per heavy atom. The maximum atomic E-state index is 12.0. The molecule has 0 saturated heterocycles. The molecule has 0 spiro atoms. The summed E-state index contributed by atoms with van der Waals surface area (Å²) in [6, 6.07) is 20.0. The van der Waals surface area contributed by atoms with Crippen molar-refractivity contribution >= 4 is 61.5 Å². The Hall–Kier alpha value is -2.90. The smallest absolute Gasteiger partial charge is 0.286 e. The van der Waals surface area contributed by atoms with E-state index in [2.05, 4.69) is 50.5 Å². The maximum absolute atomic E-state index is 12.0. The monoisotopic (exact) mass is 480 g/mol. The minimum absolute atomic E-state index is 0.259. The number of hydrogen-bond acceptors (Lipinski definition) is 4. The lowest BCUT2D eigenvalue weighted by molar-refractivity contribution is -0.117. The number of ether oxygens (including phenoxy) is 1. The van der Waals surface area contributed by atoms with E-state index >= 15 is 0 Å². The number of thioether (sulfide) groups is 1. The molecule has 1 aliphatic heterocycles. The van der Waals surface area contributed by atoms with Gasteiger partial charge in [-0.25, -0.2) is 0 Å². The summed E-state index contributed by atoms with van der Waals surface area (Å²) >= 11 is 4.69. The maximum Gasteiger partial charge on any atom is 0.286 e. The summed E-state index contributed by atoms with van der Waals surface area (Å²) in [4.78, 5) is 27.5. The standard InChI is InChI=1S/C23H17BrN2O3S/c1-14(27)25-23-26-22(28)21(30-23)12-15-9-10-20(19(24)11-15)29-13-17-7-4-6-16-5-2-3-8-18(16)17/h2-12H,13H2,1H3,(H,25,26,27,28)/b21-12-. The summed E-state index contributed by atoms with van der Waals surface area (Å²) in [5.74, 6) is 0.0903. The van der Waals surface area contributed by atoms with Crippen molar-refractivity contribution in [3.05, 3.63) is 81.2 Å². The zero-order valence-corrected chi connectivity index (χ0v) is 18.4. The van der Waals surface area contributed by atoms with E-state index in [-0.39, 0.29) is 11.8 Å². The number of amidine groups is 1. The Bertz CT molecular complexity index is 1210. The molecule has 1 heterocycles. The summed E-state index contributed by atoms with van der Waals surface area (Å²) in [6.07, 6.45) is 1.74. The lowest BCUT2D eigenvalue weighted by Gasteiger charge is -2.11. The second kappa shape index (κ2) is 8.85. The van der Waals surface area contributed by atoms with Gasteiger partial charge in [-0.15, -0.1) is 0 Å². The number of nitrogens with one attached hydrogen (secondary N) is 1. The summed E-state index contributed by atoms with van der Waals surface area (Å²) in [7, 11) is 0. The average Bonchev–Trinajstić information content (AvgIpc) is 3.05. The van der Waals surface area contributed by atoms with Gasteiger partial charge in [0.2, 0.25) is 5.91 Å². The number of hydrogen-bond donors (Lipinski definition) is 1. The van der Waals surface area contributed by atoms with Crippen LogP contribution in [0.25, 0.3) is 16.8 Å². The van der Waals surface area contributed by atoms with Crippen molar-refractivity contribution in [1.82, 2.24) is 5.32 Å². The molecule has 3 aromatic carbocycles. The molecule has 0 unspecified atom stereocenters. The van der Waals surface area contributed by atoms with Gasteiger partial charge in [-0.2, -0.15) is 4.99 Å². The number of halogens is 1. The van der Waals surface area contributed by atoms with Gasteiger partial charge in [0.05, 0.1) is 9.38 Å². The van der Waals surface area contributed by atoms with E-state index in [4.69, 9.17) is 4.74 Å². The molecule has 4 rings (SSSR count). The average molecular weight is 481 g/mol. The predicted octanol–water partition coefficient (Wildman–Crippen LogP) is 5.29. The Morgan fingerprint density at radius 3 is 2.77 bits per heavy atom. The number of nitrogens with zero attached hydrogens (tertiary/aromatic N) is 1. The van der Waals surface area contributed by atoms with E-state index in [1.165, 1.54) is 17.7 Å². The van der Waals surface area contributed by atoms with Crippen molar-refractivity contribution < 1.29 is 14.3 Å². The highest BCUT2D eigenvalue weighted by Gasteiger charge is 2.22. The number of benzene rings is 3. The van der Waals surface area contributed by atoms with Crippen LogP contribution < -0.4 is 10.1 Å². The topological polar surface area (TPSA) is 67.8 Å². The molecule has 0 fully saturated rings. The van der Waals surface area contributed by atoms with Gasteiger partial charge in [0, 0.05) is 6.92 Å². The van der Waals surface area contributed by atoms with E-state index < -0.39 is 0 Å². The second-order valence-corrected chi connectivity index (χ2v) is 8.52. The Labute approximate surface area is 186 Å². The minimum atomic E-state index is -0.365. The fourth-order valence-corrected chi connectivity index (χ4v) is 4.43. The molecule has 30 heavy (non-hydrogen) atoms. The first-order chi connectivity index (χ1) is 14.5. The number of carbonyl (C=O) groups is 2. The molecule has 1 aliphatic rings. The van der Waals surface area contributed by atoms with Crippen LogP contribution in [0.5, 0.6) is 5.75 Å². The summed E-state index contributed by atoms with van der Waals surface area (Å²) < 4.78 is 6.82. The minimum Gasteiger partial charge on any atom is -0.488 e. The van der Waals surface area contributed by atoms with E-state index in [1.807, 2.05) is 36.4 Å². The highest BCUT2D eigenvalue weighted by molar-refractivity contribution is 9.10. The molecule has 7 heteroatoms. The fraction of sp³-hybridized carbons (Fsp3) is 0.0870. The van der Waals surface area contributed by atoms with Gasteiger partial charge in [0.1, 0.15) is 12.4 Å². The van der Waals surface area contributed by atoms with Crippen molar-refractivity contribution in [2.45, 2.75) is 13.5 Å². The SMILES string of the molecule is CC(=O)NC1=NC(=O)/C(=C/c2ccc(OCc3cccc4ccccc34)c(Br)c2)S1. The predicted molar refractivity (Wildman–Crippen MR) is 124 cm³/mol. The van der Waals surface area contributed by atoms with Crippen molar-refractivity contribution in [3.8, 4) is 5.75 Å². The van der Waals surface area contributed by atoms with Crippen LogP contribution >= 0.6 is 27.7 Å². The van der Waals surface area contributed by atoms with Crippen molar-refractivity contribution in [1.29, 1.82) is 0 Å². The van der Waals surface area contributed by atoms with Crippen molar-refractivity contribution in [2.24, 2.45) is 4.99 Å². The lowest BCUT2D eigenvalue weighted by atomic mass is 10.1. The number of amides is 2. The van der Waals surface area contributed by atoms with Crippen LogP contribution in [0.4, 0.5) is 0 Å². The third kappa shape index (κ3) is 4.63. The molecule has 5 nitrogen and oxygen atoms in total. The molecule has 1 N–H and O–H groups in total. The van der Waals surface area contributed by atoms with Crippen LogP contribution in [-0.4, -0.2) is 17.0 Å². The highest BCUT2D eigenvalue weighted by atomic mass is 79.9. The molecular weight excluding hydrogens is 464 g/mol. The number of carbonyl (C=O) groups excluding carboxylic acids is 2. The third-order valence-corrected chi connectivity index (χ3v) is 5.94. The van der Waals surface area contributed by atoms with Crippen molar-refractivity contribution in [3.63, 3.8) is 0 Å². The molecule has 2 amide bonds. The van der Waals surface area contributed by atoms with Crippen LogP contribution in [-0.2, 0) is 16.2 Å². The first-order valence-corrected chi connectivity index (χ1v) is 10.8. The van der Waals surface area contributed by atoms with Crippen LogP contribution in [0.3, 0.4) is 0 Å². The van der Waals surface area contributed by atoms with E-state index in [9.17, 15) is 9.59 Å². The van der Waals surface area contributed by atoms with Gasteiger partial charge < -0.3 is 10.1 Å². The molecule has 3 aromatic rings. The van der Waals surface area contributed by atoms with Gasteiger partial charge in [0.25, 0.3) is 5.91 Å². The van der Waals surface area contributed by atoms with Gasteiger partial charge in [0.15, 0.2) is 5.17 Å². The normalized spacial score (nSPS) is 14.8. The molecule has 0 saturated carbocycles. The third-order valence-electron chi connectivity index (χ3n) is 4.42. The molecule has 0 aliphatic carbocycles. The van der Waals surface area contributed by atoms with Crippen LogP contribution in [0.15, 0.2) is 75.0 Å². The molecule has 0 radical (unpaired) electrons. The van der Waals surface area contributed by atoms with Gasteiger partial charge in [-0.05, 0) is 67.8 Å². The molecule has 0 bridgehead atoms. The first kappa shape index (κ1) is 20.4. The van der Waals surface area contributed by atoms with Gasteiger partial charge in [-0.3, -0.25) is 9.59 Å². The summed E-state index contributed by atoms with van der Waals surface area (Å²) in [5, 5.41) is 5.19. The number of aliphatic imine (C=N–C) groups is 1. The van der Waals surface area contributed by atoms with E-state index in [0.29, 0.717) is 22.4 Å². The van der Waals surface area contributed by atoms with Crippen LogP contribution in [0, 0.1) is 0 Å². The number of rotatable bonds is 4. The number of fused-ring (bicyclic) bond motifs is 1. The van der Waals surface area contributed by atoms with Gasteiger partial charge >= 0.3 is 0 Å². The molecular formula is C23H17BrN2O3S. The summed E-state index contributed by atoms with van der Waals surface area (Å²) in [5.41, 5.74) is 1.94. The molecule has 0 aromatic heterocycles. The summed E-state index contributed by atoms with van der Waals surface area (Å²) in [6.45, 7) is 1.83. The quantitative estimate of drug-likeness (QED) is 0.515. The fourth-order valence-electron chi connectivity index (χ4n) is 3.06. The van der Waals surface area contributed by atoms with Crippen molar-refractivity contribution in [2.75, 3.05) is 0 Å². The van der Waals surface area contributed by atoms with E-state index in [0.717, 1.165) is 27.4 Å². The Morgan fingerprint density at radius 2 is 1.97 bits per heavy atom. The second-order valence-electron chi connectivity index (χ2n) is 6.63.